The van der Waals surface area contributed by atoms with Crippen LogP contribution in [0.1, 0.15) is 0 Å². The summed E-state index contributed by atoms with van der Waals surface area (Å²) in [5.41, 5.74) is 0.0656. The van der Waals surface area contributed by atoms with E-state index in [1.54, 1.807) is 0 Å². The average Bonchev–Trinajstić information content (AvgIpc) is 2.10. The molecule has 13 heavy (non-hydrogen) atoms. The van der Waals surface area contributed by atoms with Gasteiger partial charge in [0.05, 0.1) is 5.57 Å². The van der Waals surface area contributed by atoms with Crippen LogP contribution in [0.5, 0.6) is 0 Å². The largest absolute Gasteiger partial charge is 0.458 e. The van der Waals surface area contributed by atoms with E-state index in [1.165, 1.54) is 12.2 Å². The molecule has 0 aliphatic heterocycles. The zero-order valence-electron chi connectivity index (χ0n) is 6.96. The van der Waals surface area contributed by atoms with Crippen molar-refractivity contribution in [2.45, 2.75) is 0 Å². The highest BCUT2D eigenvalue weighted by molar-refractivity contribution is 6.66. The Morgan fingerprint density at radius 1 is 1.38 bits per heavy atom. The summed E-state index contributed by atoms with van der Waals surface area (Å²) < 4.78 is 4.62. The summed E-state index contributed by atoms with van der Waals surface area (Å²) in [6, 6.07) is 0. The Morgan fingerprint density at radius 3 is 2.46 bits per heavy atom. The van der Waals surface area contributed by atoms with Crippen LogP contribution >= 0.6 is 11.6 Å². The quantitative estimate of drug-likeness (QED) is 0.223. The molecule has 0 N–H and O–H groups in total. The predicted molar refractivity (Wildman–Crippen MR) is 50.3 cm³/mol. The first-order valence-electron chi connectivity index (χ1n) is 3.42. The lowest BCUT2D eigenvalue weighted by atomic mass is 10.3. The highest BCUT2D eigenvalue weighted by Crippen LogP contribution is 1.98. The molecular formula is C9H9ClO3. The number of hydrogen-bond acceptors (Lipinski definition) is 3. The Labute approximate surface area is 81.3 Å². The molecule has 0 radical (unpaired) electrons. The van der Waals surface area contributed by atoms with Crippen molar-refractivity contribution in [1.29, 1.82) is 0 Å². The van der Waals surface area contributed by atoms with E-state index >= 15 is 0 Å². The van der Waals surface area contributed by atoms with Gasteiger partial charge in [0.1, 0.15) is 6.61 Å². The summed E-state index contributed by atoms with van der Waals surface area (Å²) in [7, 11) is 0. The van der Waals surface area contributed by atoms with Crippen LogP contribution in [-0.4, -0.2) is 17.8 Å². The summed E-state index contributed by atoms with van der Waals surface area (Å²) in [4.78, 5) is 21.2. The van der Waals surface area contributed by atoms with Gasteiger partial charge < -0.3 is 4.74 Å². The first-order chi connectivity index (χ1) is 6.07. The molecule has 0 fully saturated rings. The molecule has 0 saturated carbocycles. The van der Waals surface area contributed by atoms with Gasteiger partial charge in [0.25, 0.3) is 0 Å². The molecule has 0 aromatic heterocycles. The maximum absolute atomic E-state index is 10.9. The summed E-state index contributed by atoms with van der Waals surface area (Å²) in [6.45, 7) is 6.85. The Balaban J connectivity index is 4.03. The maximum Gasteiger partial charge on any atom is 0.337 e. The molecule has 0 aromatic carbocycles. The lowest BCUT2D eigenvalue weighted by molar-refractivity contribution is -0.137. The van der Waals surface area contributed by atoms with Gasteiger partial charge in [-0.15, -0.1) is 0 Å². The number of halogens is 1. The molecular weight excluding hydrogens is 192 g/mol. The lowest BCUT2D eigenvalue weighted by Gasteiger charge is -1.99. The van der Waals surface area contributed by atoms with E-state index in [-0.39, 0.29) is 12.2 Å². The molecule has 0 aliphatic rings. The third kappa shape index (κ3) is 5.87. The minimum atomic E-state index is -0.669. The van der Waals surface area contributed by atoms with Gasteiger partial charge >= 0.3 is 5.97 Å². The van der Waals surface area contributed by atoms with Gasteiger partial charge in [-0.3, -0.25) is 4.79 Å². The van der Waals surface area contributed by atoms with Gasteiger partial charge in [-0.25, -0.2) is 4.79 Å². The highest BCUT2D eigenvalue weighted by Gasteiger charge is 2.03. The number of esters is 1. The molecule has 0 bridgehead atoms. The van der Waals surface area contributed by atoms with Crippen LogP contribution in [0.3, 0.4) is 0 Å². The summed E-state index contributed by atoms with van der Waals surface area (Å²) >= 11 is 5.00. The van der Waals surface area contributed by atoms with Gasteiger partial charge in [0.2, 0.25) is 5.24 Å². The average molecular weight is 201 g/mol. The van der Waals surface area contributed by atoms with Crippen molar-refractivity contribution in [3.63, 3.8) is 0 Å². The Morgan fingerprint density at radius 2 is 2.00 bits per heavy atom. The molecule has 0 rings (SSSR count). The predicted octanol–water partition coefficient (Wildman–Crippen LogP) is 1.59. The Kier molecular flexibility index (Phi) is 5.55. The van der Waals surface area contributed by atoms with E-state index in [9.17, 15) is 9.59 Å². The van der Waals surface area contributed by atoms with Crippen LogP contribution < -0.4 is 0 Å². The van der Waals surface area contributed by atoms with Crippen LogP contribution in [-0.2, 0) is 14.3 Å². The molecule has 0 saturated heterocycles. The number of ether oxygens (including phenoxy) is 1. The maximum atomic E-state index is 10.9. The van der Waals surface area contributed by atoms with E-state index in [0.717, 1.165) is 6.08 Å². The first kappa shape index (κ1) is 11.6. The van der Waals surface area contributed by atoms with Gasteiger partial charge in [0, 0.05) is 0 Å². The fourth-order valence-corrected chi connectivity index (χ4v) is 0.524. The second kappa shape index (κ2) is 6.20. The third-order valence-electron chi connectivity index (χ3n) is 1.01. The van der Waals surface area contributed by atoms with Crippen LogP contribution in [0.25, 0.3) is 0 Å². The summed E-state index contributed by atoms with van der Waals surface area (Å²) in [5, 5.41) is -0.669. The molecule has 0 aliphatic carbocycles. The Hall–Kier alpha value is -1.35. The van der Waals surface area contributed by atoms with Crippen molar-refractivity contribution < 1.29 is 14.3 Å². The lowest BCUT2D eigenvalue weighted by Crippen LogP contribution is -2.05. The van der Waals surface area contributed by atoms with E-state index in [4.69, 9.17) is 11.6 Å². The summed E-state index contributed by atoms with van der Waals surface area (Å²) in [6.07, 6.45) is 3.65. The SMILES string of the molecule is C=CCOC(=O)C(=C)C=CC(=O)Cl. The second-order valence-electron chi connectivity index (χ2n) is 2.05. The third-order valence-corrected chi connectivity index (χ3v) is 1.14. The number of rotatable bonds is 5. The van der Waals surface area contributed by atoms with Crippen molar-refractivity contribution in [1.82, 2.24) is 0 Å². The molecule has 0 amide bonds. The van der Waals surface area contributed by atoms with Crippen LogP contribution in [0, 0.1) is 0 Å². The van der Waals surface area contributed by atoms with Crippen molar-refractivity contribution in [3.05, 3.63) is 37.0 Å². The molecule has 3 nitrogen and oxygen atoms in total. The fourth-order valence-electron chi connectivity index (χ4n) is 0.461. The molecule has 0 heterocycles. The normalized spacial score (nSPS) is 9.62. The highest BCUT2D eigenvalue weighted by atomic mass is 35.5. The van der Waals surface area contributed by atoms with Crippen molar-refractivity contribution in [2.24, 2.45) is 0 Å². The molecule has 0 unspecified atom stereocenters. The van der Waals surface area contributed by atoms with Crippen LogP contribution in [0.4, 0.5) is 0 Å². The zero-order chi connectivity index (χ0) is 10.3. The van der Waals surface area contributed by atoms with E-state index in [2.05, 4.69) is 17.9 Å². The van der Waals surface area contributed by atoms with E-state index in [0.29, 0.717) is 0 Å². The van der Waals surface area contributed by atoms with Crippen LogP contribution in [0.2, 0.25) is 0 Å². The minimum Gasteiger partial charge on any atom is -0.458 e. The molecule has 4 heteroatoms. The smallest absolute Gasteiger partial charge is 0.337 e. The van der Waals surface area contributed by atoms with Gasteiger partial charge in [-0.05, 0) is 23.8 Å². The molecule has 70 valence electrons. The van der Waals surface area contributed by atoms with Crippen molar-refractivity contribution in [3.8, 4) is 0 Å². The van der Waals surface area contributed by atoms with Crippen molar-refractivity contribution >= 4 is 22.8 Å². The zero-order valence-corrected chi connectivity index (χ0v) is 7.71. The number of allylic oxidation sites excluding steroid dienone is 1. The van der Waals surface area contributed by atoms with Gasteiger partial charge in [-0.2, -0.15) is 0 Å². The second-order valence-corrected chi connectivity index (χ2v) is 2.42. The first-order valence-corrected chi connectivity index (χ1v) is 3.80. The standard InChI is InChI=1S/C9H9ClO3/c1-3-6-13-9(12)7(2)4-5-8(10)11/h3-5H,1-2,6H2. The Bertz CT molecular complexity index is 266. The molecule has 0 spiro atoms. The fraction of sp³-hybridized carbons (Fsp3) is 0.111. The minimum absolute atomic E-state index is 0.0656. The number of carbonyl (C=O) groups excluding carboxylic acids is 2. The summed E-state index contributed by atoms with van der Waals surface area (Å²) in [5.74, 6) is -0.603. The van der Waals surface area contributed by atoms with Gasteiger partial charge in [-0.1, -0.05) is 19.2 Å². The number of carbonyl (C=O) groups is 2. The number of hydrogen-bond donors (Lipinski definition) is 0. The van der Waals surface area contributed by atoms with Gasteiger partial charge in [0.15, 0.2) is 0 Å². The van der Waals surface area contributed by atoms with E-state index < -0.39 is 11.2 Å². The molecule has 0 aromatic rings. The molecule has 0 atom stereocenters. The monoisotopic (exact) mass is 200 g/mol. The van der Waals surface area contributed by atoms with Crippen LogP contribution in [0.15, 0.2) is 37.0 Å². The van der Waals surface area contributed by atoms with Crippen molar-refractivity contribution in [2.75, 3.05) is 6.61 Å². The topological polar surface area (TPSA) is 43.4 Å². The van der Waals surface area contributed by atoms with E-state index in [1.807, 2.05) is 0 Å².